The Bertz CT molecular complexity index is 378. The van der Waals surface area contributed by atoms with Gasteiger partial charge in [0.25, 0.3) is 0 Å². The fourth-order valence-electron chi connectivity index (χ4n) is 1.54. The minimum absolute atomic E-state index is 0.174. The zero-order chi connectivity index (χ0) is 12.7. The summed E-state index contributed by atoms with van der Waals surface area (Å²) in [7, 11) is 0. The van der Waals surface area contributed by atoms with Crippen LogP contribution in [0.5, 0.6) is 0 Å². The van der Waals surface area contributed by atoms with Crippen molar-refractivity contribution in [3.63, 3.8) is 0 Å². The van der Waals surface area contributed by atoms with E-state index in [1.165, 1.54) is 5.56 Å². The van der Waals surface area contributed by atoms with Crippen molar-refractivity contribution >= 4 is 37.8 Å². The molecule has 0 aliphatic carbocycles. The standard InChI is InChI=1S/C13H16Br2O2/c1-2-17-13(16)9-10-5-6-11(4-3-7-14)12(15)8-10/h5-6,8H,2-4,7,9H2,1H3. The van der Waals surface area contributed by atoms with Crippen molar-refractivity contribution < 1.29 is 9.53 Å². The van der Waals surface area contributed by atoms with Crippen molar-refractivity contribution in [1.82, 2.24) is 0 Å². The molecule has 0 aliphatic rings. The Labute approximate surface area is 119 Å². The fraction of sp³-hybridized carbons (Fsp3) is 0.462. The number of benzene rings is 1. The molecule has 1 aromatic rings. The second kappa shape index (κ2) is 7.88. The lowest BCUT2D eigenvalue weighted by atomic mass is 10.1. The van der Waals surface area contributed by atoms with Gasteiger partial charge in [0, 0.05) is 9.80 Å². The van der Waals surface area contributed by atoms with Gasteiger partial charge >= 0.3 is 5.97 Å². The molecule has 0 aromatic heterocycles. The number of hydrogen-bond acceptors (Lipinski definition) is 2. The van der Waals surface area contributed by atoms with E-state index < -0.39 is 0 Å². The molecule has 17 heavy (non-hydrogen) atoms. The van der Waals surface area contributed by atoms with Crippen LogP contribution in [0.2, 0.25) is 0 Å². The molecule has 0 heterocycles. The molecular formula is C13H16Br2O2. The van der Waals surface area contributed by atoms with Crippen LogP contribution in [0.3, 0.4) is 0 Å². The lowest BCUT2D eigenvalue weighted by molar-refractivity contribution is -0.142. The molecule has 0 bridgehead atoms. The average Bonchev–Trinajstić information content (AvgIpc) is 2.28. The molecular weight excluding hydrogens is 348 g/mol. The predicted octanol–water partition coefficient (Wildman–Crippen LogP) is 3.88. The molecule has 0 amide bonds. The quantitative estimate of drug-likeness (QED) is 0.566. The van der Waals surface area contributed by atoms with Crippen LogP contribution in [0, 0.1) is 0 Å². The minimum Gasteiger partial charge on any atom is -0.466 e. The number of carbonyl (C=O) groups excluding carboxylic acids is 1. The summed E-state index contributed by atoms with van der Waals surface area (Å²) in [5, 5.41) is 1.00. The molecule has 0 radical (unpaired) electrons. The van der Waals surface area contributed by atoms with E-state index in [4.69, 9.17) is 4.74 Å². The summed E-state index contributed by atoms with van der Waals surface area (Å²) in [6, 6.07) is 6.06. The van der Waals surface area contributed by atoms with Crippen LogP contribution >= 0.6 is 31.9 Å². The highest BCUT2D eigenvalue weighted by atomic mass is 79.9. The molecule has 2 nitrogen and oxygen atoms in total. The summed E-state index contributed by atoms with van der Waals surface area (Å²) in [6.07, 6.45) is 2.48. The van der Waals surface area contributed by atoms with Gasteiger partial charge in [-0.05, 0) is 37.0 Å². The summed E-state index contributed by atoms with van der Waals surface area (Å²) < 4.78 is 5.99. The molecule has 0 aliphatic heterocycles. The Morgan fingerprint density at radius 2 is 2.18 bits per heavy atom. The van der Waals surface area contributed by atoms with E-state index >= 15 is 0 Å². The first-order valence-corrected chi connectivity index (χ1v) is 7.57. The van der Waals surface area contributed by atoms with Gasteiger partial charge < -0.3 is 4.74 Å². The first-order chi connectivity index (χ1) is 8.17. The molecule has 0 unspecified atom stereocenters. The zero-order valence-electron chi connectivity index (χ0n) is 9.84. The van der Waals surface area contributed by atoms with Crippen LogP contribution < -0.4 is 0 Å². The SMILES string of the molecule is CCOC(=O)Cc1ccc(CCCBr)c(Br)c1. The number of esters is 1. The second-order valence-electron chi connectivity index (χ2n) is 3.70. The summed E-state index contributed by atoms with van der Waals surface area (Å²) in [5.74, 6) is -0.174. The normalized spacial score (nSPS) is 10.3. The van der Waals surface area contributed by atoms with Gasteiger partial charge in [-0.2, -0.15) is 0 Å². The van der Waals surface area contributed by atoms with Crippen molar-refractivity contribution in [1.29, 1.82) is 0 Å². The fourth-order valence-corrected chi connectivity index (χ4v) is 2.44. The number of alkyl halides is 1. The largest absolute Gasteiger partial charge is 0.466 e. The molecule has 0 saturated carbocycles. The van der Waals surface area contributed by atoms with Gasteiger partial charge in [0.05, 0.1) is 13.0 Å². The third kappa shape index (κ3) is 5.21. The van der Waals surface area contributed by atoms with Crippen molar-refractivity contribution in [3.05, 3.63) is 33.8 Å². The Hall–Kier alpha value is -0.350. The monoisotopic (exact) mass is 362 g/mol. The van der Waals surface area contributed by atoms with E-state index in [2.05, 4.69) is 37.9 Å². The maximum atomic E-state index is 11.3. The van der Waals surface area contributed by atoms with E-state index in [1.807, 2.05) is 19.1 Å². The van der Waals surface area contributed by atoms with E-state index in [9.17, 15) is 4.79 Å². The Kier molecular flexibility index (Phi) is 6.82. The van der Waals surface area contributed by atoms with Crippen LogP contribution in [0.15, 0.2) is 22.7 Å². The first-order valence-electron chi connectivity index (χ1n) is 5.66. The molecule has 94 valence electrons. The van der Waals surface area contributed by atoms with Crippen LogP contribution in [-0.2, 0) is 22.4 Å². The number of ether oxygens (including phenoxy) is 1. The van der Waals surface area contributed by atoms with Gasteiger partial charge in [0.2, 0.25) is 0 Å². The summed E-state index contributed by atoms with van der Waals surface area (Å²) in [6.45, 7) is 2.25. The highest BCUT2D eigenvalue weighted by Crippen LogP contribution is 2.21. The number of carbonyl (C=O) groups is 1. The third-order valence-corrected chi connectivity index (χ3v) is 3.65. The number of halogens is 2. The van der Waals surface area contributed by atoms with Gasteiger partial charge in [-0.25, -0.2) is 0 Å². The molecule has 0 N–H and O–H groups in total. The van der Waals surface area contributed by atoms with Gasteiger partial charge in [-0.15, -0.1) is 0 Å². The molecule has 0 spiro atoms. The molecule has 4 heteroatoms. The maximum Gasteiger partial charge on any atom is 0.310 e. The van der Waals surface area contributed by atoms with E-state index in [0.29, 0.717) is 13.0 Å². The highest BCUT2D eigenvalue weighted by molar-refractivity contribution is 9.10. The summed E-state index contributed by atoms with van der Waals surface area (Å²) >= 11 is 6.96. The Morgan fingerprint density at radius 3 is 2.76 bits per heavy atom. The molecule has 1 rings (SSSR count). The molecule has 0 fully saturated rings. The Morgan fingerprint density at radius 1 is 1.41 bits per heavy atom. The smallest absolute Gasteiger partial charge is 0.310 e. The van der Waals surface area contributed by atoms with Crippen LogP contribution in [0.25, 0.3) is 0 Å². The first kappa shape index (κ1) is 14.7. The van der Waals surface area contributed by atoms with E-state index in [-0.39, 0.29) is 5.97 Å². The minimum atomic E-state index is -0.174. The molecule has 0 atom stereocenters. The average molecular weight is 364 g/mol. The maximum absolute atomic E-state index is 11.3. The second-order valence-corrected chi connectivity index (χ2v) is 5.35. The number of aryl methyl sites for hydroxylation is 1. The highest BCUT2D eigenvalue weighted by Gasteiger charge is 2.06. The van der Waals surface area contributed by atoms with Gasteiger partial charge in [0.15, 0.2) is 0 Å². The van der Waals surface area contributed by atoms with Gasteiger partial charge in [-0.3, -0.25) is 4.79 Å². The molecule has 1 aromatic carbocycles. The number of hydrogen-bond donors (Lipinski definition) is 0. The van der Waals surface area contributed by atoms with E-state index in [1.54, 1.807) is 0 Å². The van der Waals surface area contributed by atoms with Crippen LogP contribution in [-0.4, -0.2) is 17.9 Å². The van der Waals surface area contributed by atoms with Gasteiger partial charge in [0.1, 0.15) is 0 Å². The number of rotatable bonds is 6. The summed E-state index contributed by atoms with van der Waals surface area (Å²) in [5.41, 5.74) is 2.26. The van der Waals surface area contributed by atoms with Gasteiger partial charge in [-0.1, -0.05) is 44.0 Å². The van der Waals surface area contributed by atoms with Crippen molar-refractivity contribution in [2.75, 3.05) is 11.9 Å². The topological polar surface area (TPSA) is 26.3 Å². The third-order valence-electron chi connectivity index (χ3n) is 2.35. The summed E-state index contributed by atoms with van der Waals surface area (Å²) in [4.78, 5) is 11.3. The molecule has 0 saturated heterocycles. The predicted molar refractivity (Wildman–Crippen MR) is 76.6 cm³/mol. The van der Waals surface area contributed by atoms with Crippen LogP contribution in [0.4, 0.5) is 0 Å². The van der Waals surface area contributed by atoms with Crippen molar-refractivity contribution in [3.8, 4) is 0 Å². The van der Waals surface area contributed by atoms with Crippen molar-refractivity contribution in [2.24, 2.45) is 0 Å². The van der Waals surface area contributed by atoms with Crippen molar-refractivity contribution in [2.45, 2.75) is 26.2 Å². The lowest BCUT2D eigenvalue weighted by Gasteiger charge is -2.07. The lowest BCUT2D eigenvalue weighted by Crippen LogP contribution is -2.07. The van der Waals surface area contributed by atoms with Crippen LogP contribution in [0.1, 0.15) is 24.5 Å². The van der Waals surface area contributed by atoms with E-state index in [0.717, 1.165) is 28.2 Å². The Balaban J connectivity index is 2.64. The zero-order valence-corrected chi connectivity index (χ0v) is 13.0.